The summed E-state index contributed by atoms with van der Waals surface area (Å²) in [5.74, 6) is -1.29. The molecular weight excluding hydrogens is 362 g/mol. The van der Waals surface area contributed by atoms with Crippen LogP contribution in [0.3, 0.4) is 0 Å². The molecule has 2 aliphatic heterocycles. The standard InChI is InChI=1S/C21H29NO6/c1-19(2)20(3)9-10-21(19,18(26)28-13-20)17(25)22-12-14(16(24)27-4)7-8-15(22)6-5-11-23/h11-12,15H,5-10,13H2,1-4H3/t15-,20+,21+/m1/s1. The summed E-state index contributed by atoms with van der Waals surface area (Å²) in [4.78, 5) is 51.3. The summed E-state index contributed by atoms with van der Waals surface area (Å²) in [6.45, 7) is 6.30. The molecule has 0 radical (unpaired) electrons. The van der Waals surface area contributed by atoms with E-state index < -0.39 is 22.8 Å². The van der Waals surface area contributed by atoms with Crippen LogP contribution >= 0.6 is 0 Å². The van der Waals surface area contributed by atoms with Gasteiger partial charge in [0.15, 0.2) is 5.41 Å². The lowest BCUT2D eigenvalue weighted by Crippen LogP contribution is -2.61. The molecule has 3 rings (SSSR count). The van der Waals surface area contributed by atoms with Crippen molar-refractivity contribution in [1.29, 1.82) is 0 Å². The quantitative estimate of drug-likeness (QED) is 0.406. The lowest BCUT2D eigenvalue weighted by Gasteiger charge is -2.51. The fourth-order valence-electron chi connectivity index (χ4n) is 5.10. The van der Waals surface area contributed by atoms with Crippen molar-refractivity contribution < 1.29 is 28.7 Å². The van der Waals surface area contributed by atoms with E-state index >= 15 is 0 Å². The minimum atomic E-state index is -1.28. The van der Waals surface area contributed by atoms with Crippen LogP contribution in [0.4, 0.5) is 0 Å². The van der Waals surface area contributed by atoms with Gasteiger partial charge in [-0.3, -0.25) is 9.59 Å². The minimum absolute atomic E-state index is 0.238. The fourth-order valence-corrected chi connectivity index (χ4v) is 5.10. The number of hydrogen-bond acceptors (Lipinski definition) is 6. The smallest absolute Gasteiger partial charge is 0.335 e. The highest BCUT2D eigenvalue weighted by Crippen LogP contribution is 2.66. The molecule has 3 aliphatic rings. The first-order valence-electron chi connectivity index (χ1n) is 9.87. The van der Waals surface area contributed by atoms with Gasteiger partial charge in [-0.1, -0.05) is 20.8 Å². The highest BCUT2D eigenvalue weighted by Gasteiger charge is 2.72. The van der Waals surface area contributed by atoms with Crippen LogP contribution in [0.1, 0.15) is 59.3 Å². The zero-order valence-electron chi connectivity index (χ0n) is 17.1. The average molecular weight is 391 g/mol. The van der Waals surface area contributed by atoms with Crippen molar-refractivity contribution in [3.8, 4) is 0 Å². The number of rotatable bonds is 5. The number of esters is 2. The van der Waals surface area contributed by atoms with Gasteiger partial charge in [0, 0.05) is 24.1 Å². The van der Waals surface area contributed by atoms with Crippen LogP contribution in [0.2, 0.25) is 0 Å². The molecule has 2 heterocycles. The lowest BCUT2D eigenvalue weighted by atomic mass is 9.57. The minimum Gasteiger partial charge on any atom is -0.466 e. The first-order chi connectivity index (χ1) is 13.1. The number of aldehydes is 1. The maximum atomic E-state index is 13.9. The van der Waals surface area contributed by atoms with E-state index in [9.17, 15) is 19.2 Å². The van der Waals surface area contributed by atoms with Gasteiger partial charge in [-0.15, -0.1) is 0 Å². The maximum absolute atomic E-state index is 13.9. The van der Waals surface area contributed by atoms with Crippen LogP contribution in [-0.2, 0) is 28.7 Å². The van der Waals surface area contributed by atoms with Gasteiger partial charge < -0.3 is 19.2 Å². The van der Waals surface area contributed by atoms with Crippen LogP contribution in [0.25, 0.3) is 0 Å². The van der Waals surface area contributed by atoms with E-state index in [1.165, 1.54) is 18.2 Å². The van der Waals surface area contributed by atoms with E-state index in [0.29, 0.717) is 44.3 Å². The zero-order valence-corrected chi connectivity index (χ0v) is 17.1. The van der Waals surface area contributed by atoms with E-state index in [1.54, 1.807) is 0 Å². The first-order valence-corrected chi connectivity index (χ1v) is 9.87. The summed E-state index contributed by atoms with van der Waals surface area (Å²) in [6.07, 6.45) is 5.31. The van der Waals surface area contributed by atoms with E-state index in [2.05, 4.69) is 6.92 Å². The largest absolute Gasteiger partial charge is 0.466 e. The zero-order chi connectivity index (χ0) is 20.7. The van der Waals surface area contributed by atoms with Gasteiger partial charge in [0.05, 0.1) is 19.3 Å². The normalized spacial score (nSPS) is 33.7. The Kier molecular flexibility index (Phi) is 5.15. The second-order valence-electron chi connectivity index (χ2n) is 8.96. The Morgan fingerprint density at radius 2 is 2.04 bits per heavy atom. The van der Waals surface area contributed by atoms with E-state index in [-0.39, 0.29) is 17.4 Å². The Bertz CT molecular complexity index is 741. The van der Waals surface area contributed by atoms with E-state index in [1.807, 2.05) is 13.8 Å². The molecule has 3 atom stereocenters. The van der Waals surface area contributed by atoms with Crippen molar-refractivity contribution in [2.75, 3.05) is 13.7 Å². The molecular formula is C21H29NO6. The molecule has 0 N–H and O–H groups in total. The summed E-state index contributed by atoms with van der Waals surface area (Å²) in [5, 5.41) is 0. The van der Waals surface area contributed by atoms with Crippen LogP contribution in [0.5, 0.6) is 0 Å². The Hall–Kier alpha value is -2.18. The third-order valence-electron chi connectivity index (χ3n) is 7.60. The van der Waals surface area contributed by atoms with Gasteiger partial charge in [0.25, 0.3) is 0 Å². The number of fused-ring (bicyclic) bond motifs is 2. The predicted molar refractivity (Wildman–Crippen MR) is 99.8 cm³/mol. The summed E-state index contributed by atoms with van der Waals surface area (Å²) < 4.78 is 10.3. The molecule has 7 nitrogen and oxygen atoms in total. The van der Waals surface area contributed by atoms with Crippen LogP contribution in [-0.4, -0.2) is 48.8 Å². The molecule has 0 aromatic carbocycles. The molecule has 1 amide bonds. The van der Waals surface area contributed by atoms with Crippen molar-refractivity contribution in [2.45, 2.75) is 65.3 Å². The van der Waals surface area contributed by atoms with Gasteiger partial charge >= 0.3 is 11.9 Å². The topological polar surface area (TPSA) is 90.0 Å². The molecule has 28 heavy (non-hydrogen) atoms. The van der Waals surface area contributed by atoms with Crippen molar-refractivity contribution in [3.05, 3.63) is 11.8 Å². The molecule has 1 aliphatic carbocycles. The third kappa shape index (κ3) is 2.70. The second kappa shape index (κ2) is 7.01. The number of cyclic esters (lactones) is 1. The van der Waals surface area contributed by atoms with Crippen LogP contribution in [0.15, 0.2) is 11.8 Å². The number of nitrogens with zero attached hydrogens (tertiary/aromatic N) is 1. The number of ether oxygens (including phenoxy) is 2. The number of carbonyl (C=O) groups excluding carboxylic acids is 4. The van der Waals surface area contributed by atoms with Gasteiger partial charge in [-0.25, -0.2) is 4.79 Å². The molecule has 0 aromatic rings. The molecule has 2 fully saturated rings. The number of carbonyl (C=O) groups is 4. The first kappa shape index (κ1) is 20.6. The maximum Gasteiger partial charge on any atom is 0.335 e. The van der Waals surface area contributed by atoms with Crippen LogP contribution in [0, 0.1) is 16.2 Å². The fraction of sp³-hybridized carbons (Fsp3) is 0.714. The van der Waals surface area contributed by atoms with Crippen molar-refractivity contribution in [1.82, 2.24) is 4.90 Å². The van der Waals surface area contributed by atoms with Crippen molar-refractivity contribution >= 4 is 24.1 Å². The van der Waals surface area contributed by atoms with Crippen LogP contribution < -0.4 is 0 Å². The SMILES string of the molecule is COC(=O)C1=CN(C(=O)[C@@]23CC[C@@](C)(COC2=O)C3(C)C)[C@H](CCC=O)CC1. The Morgan fingerprint density at radius 3 is 2.68 bits per heavy atom. The van der Waals surface area contributed by atoms with Gasteiger partial charge in [0.2, 0.25) is 5.91 Å². The Morgan fingerprint density at radius 1 is 1.32 bits per heavy atom. The monoisotopic (exact) mass is 391 g/mol. The molecule has 7 heteroatoms. The summed E-state index contributed by atoms with van der Waals surface area (Å²) in [6, 6.07) is -0.238. The number of methoxy groups -OCH3 is 1. The molecule has 0 spiro atoms. The molecule has 2 bridgehead atoms. The summed E-state index contributed by atoms with van der Waals surface area (Å²) in [7, 11) is 1.30. The van der Waals surface area contributed by atoms with E-state index in [0.717, 1.165) is 12.7 Å². The van der Waals surface area contributed by atoms with E-state index in [4.69, 9.17) is 9.47 Å². The Labute approximate surface area is 165 Å². The van der Waals surface area contributed by atoms with Crippen molar-refractivity contribution in [3.63, 3.8) is 0 Å². The molecule has 154 valence electrons. The summed E-state index contributed by atoms with van der Waals surface area (Å²) in [5.41, 5.74) is -1.75. The third-order valence-corrected chi connectivity index (χ3v) is 7.60. The van der Waals surface area contributed by atoms with Crippen molar-refractivity contribution in [2.24, 2.45) is 16.2 Å². The highest BCUT2D eigenvalue weighted by molar-refractivity contribution is 6.05. The van der Waals surface area contributed by atoms with Gasteiger partial charge in [-0.05, 0) is 37.5 Å². The molecule has 1 saturated heterocycles. The number of hydrogen-bond donors (Lipinski definition) is 0. The molecule has 0 aromatic heterocycles. The van der Waals surface area contributed by atoms with Gasteiger partial charge in [-0.2, -0.15) is 0 Å². The highest BCUT2D eigenvalue weighted by atomic mass is 16.5. The second-order valence-corrected chi connectivity index (χ2v) is 8.96. The Balaban J connectivity index is 2.04. The molecule has 1 saturated carbocycles. The summed E-state index contributed by atoms with van der Waals surface area (Å²) >= 11 is 0. The average Bonchev–Trinajstić information content (AvgIpc) is 2.79. The number of amides is 1. The molecule has 0 unspecified atom stereocenters. The lowest BCUT2D eigenvalue weighted by molar-refractivity contribution is -0.193. The predicted octanol–water partition coefficient (Wildman–Crippen LogP) is 2.38. The van der Waals surface area contributed by atoms with Gasteiger partial charge in [0.1, 0.15) is 6.29 Å².